The van der Waals surface area contributed by atoms with E-state index in [2.05, 4.69) is 21.3 Å². The van der Waals surface area contributed by atoms with E-state index in [0.717, 1.165) is 21.7 Å². The lowest BCUT2D eigenvalue weighted by Crippen LogP contribution is -2.14. The molecular formula is C18H15F2N3OS. The Kier molecular flexibility index (Phi) is 5.35. The minimum atomic E-state index is -2.83. The molecule has 0 radical (unpaired) electrons. The maximum atomic E-state index is 12.3. The van der Waals surface area contributed by atoms with Crippen molar-refractivity contribution in [3.8, 4) is 17.0 Å². The van der Waals surface area contributed by atoms with E-state index < -0.39 is 6.61 Å². The third-order valence-corrected chi connectivity index (χ3v) is 4.22. The Morgan fingerprint density at radius 3 is 2.72 bits per heavy atom. The van der Waals surface area contributed by atoms with Gasteiger partial charge in [0.15, 0.2) is 4.80 Å². The zero-order valence-corrected chi connectivity index (χ0v) is 14.0. The van der Waals surface area contributed by atoms with Crippen LogP contribution in [0.1, 0.15) is 0 Å². The summed E-state index contributed by atoms with van der Waals surface area (Å²) < 4.78 is 30.9. The van der Waals surface area contributed by atoms with Gasteiger partial charge in [0.25, 0.3) is 0 Å². The average molecular weight is 359 g/mol. The Morgan fingerprint density at radius 1 is 1.28 bits per heavy atom. The third kappa shape index (κ3) is 4.19. The molecule has 2 aromatic heterocycles. The lowest BCUT2D eigenvalue weighted by Gasteiger charge is -2.08. The van der Waals surface area contributed by atoms with Crippen molar-refractivity contribution in [1.29, 1.82) is 0 Å². The normalized spacial score (nSPS) is 11.7. The van der Waals surface area contributed by atoms with Crippen LogP contribution in [0.4, 0.5) is 14.5 Å². The Labute approximate surface area is 147 Å². The molecule has 25 heavy (non-hydrogen) atoms. The van der Waals surface area contributed by atoms with E-state index in [0.29, 0.717) is 6.54 Å². The molecule has 0 aliphatic heterocycles. The second-order valence-corrected chi connectivity index (χ2v) is 5.87. The molecule has 3 rings (SSSR count). The van der Waals surface area contributed by atoms with Gasteiger partial charge in [-0.1, -0.05) is 6.08 Å². The van der Waals surface area contributed by atoms with Gasteiger partial charge in [0.1, 0.15) is 5.75 Å². The Balaban J connectivity index is 1.99. The summed E-state index contributed by atoms with van der Waals surface area (Å²) in [5, 5.41) is 1.97. The first-order chi connectivity index (χ1) is 12.2. The highest BCUT2D eigenvalue weighted by Crippen LogP contribution is 2.24. The predicted octanol–water partition coefficient (Wildman–Crippen LogP) is 4.63. The molecule has 0 spiro atoms. The molecule has 3 aromatic rings. The fraction of sp³-hybridized carbons (Fsp3) is 0.111. The number of thiazole rings is 1. The molecule has 0 aliphatic carbocycles. The highest BCUT2D eigenvalue weighted by atomic mass is 32.1. The number of halogens is 2. The largest absolute Gasteiger partial charge is 0.435 e. The fourth-order valence-corrected chi connectivity index (χ4v) is 3.23. The van der Waals surface area contributed by atoms with Crippen LogP contribution in [0.5, 0.6) is 5.75 Å². The van der Waals surface area contributed by atoms with Gasteiger partial charge in [-0.2, -0.15) is 8.78 Å². The number of rotatable bonds is 6. The van der Waals surface area contributed by atoms with Crippen LogP contribution >= 0.6 is 11.3 Å². The van der Waals surface area contributed by atoms with Crippen LogP contribution < -0.4 is 9.54 Å². The number of ether oxygens (including phenoxy) is 1. The van der Waals surface area contributed by atoms with E-state index in [1.165, 1.54) is 23.5 Å². The minimum Gasteiger partial charge on any atom is -0.435 e. The van der Waals surface area contributed by atoms with Crippen LogP contribution in [0.15, 0.2) is 71.8 Å². The number of hydrogen-bond acceptors (Lipinski definition) is 4. The lowest BCUT2D eigenvalue weighted by atomic mass is 10.1. The average Bonchev–Trinajstić information content (AvgIpc) is 2.99. The van der Waals surface area contributed by atoms with Crippen molar-refractivity contribution < 1.29 is 13.5 Å². The number of hydrogen-bond donors (Lipinski definition) is 0. The highest BCUT2D eigenvalue weighted by molar-refractivity contribution is 7.07. The van der Waals surface area contributed by atoms with Crippen molar-refractivity contribution in [1.82, 2.24) is 9.55 Å². The number of aromatic nitrogens is 2. The summed E-state index contributed by atoms with van der Waals surface area (Å²) in [6.07, 6.45) is 5.17. The van der Waals surface area contributed by atoms with Crippen molar-refractivity contribution in [2.45, 2.75) is 13.2 Å². The predicted molar refractivity (Wildman–Crippen MR) is 94.0 cm³/mol. The van der Waals surface area contributed by atoms with Crippen molar-refractivity contribution in [3.05, 3.63) is 71.6 Å². The lowest BCUT2D eigenvalue weighted by molar-refractivity contribution is -0.0498. The van der Waals surface area contributed by atoms with Gasteiger partial charge in [-0.05, 0) is 42.0 Å². The van der Waals surface area contributed by atoms with E-state index in [1.807, 2.05) is 22.1 Å². The monoisotopic (exact) mass is 359 g/mol. The molecule has 0 fully saturated rings. The maximum Gasteiger partial charge on any atom is 0.387 e. The van der Waals surface area contributed by atoms with Crippen LogP contribution in [0.3, 0.4) is 0 Å². The summed E-state index contributed by atoms with van der Waals surface area (Å²) in [6, 6.07) is 10.2. The van der Waals surface area contributed by atoms with Gasteiger partial charge in [-0.3, -0.25) is 4.98 Å². The summed E-state index contributed by atoms with van der Waals surface area (Å²) in [4.78, 5) is 9.47. The van der Waals surface area contributed by atoms with Crippen molar-refractivity contribution >= 4 is 17.0 Å². The van der Waals surface area contributed by atoms with E-state index >= 15 is 0 Å². The van der Waals surface area contributed by atoms with Gasteiger partial charge in [-0.15, -0.1) is 17.9 Å². The standard InChI is InChI=1S/C18H15F2N3OS/c1-2-10-23-16(13-5-7-15(8-6-13)24-17(19)20)12-25-18(23)22-14-4-3-9-21-11-14/h2-9,11-12,17H,1,10H2. The Bertz CT molecular complexity index is 902. The summed E-state index contributed by atoms with van der Waals surface area (Å²) in [5.74, 6) is 0.129. The smallest absolute Gasteiger partial charge is 0.387 e. The second-order valence-electron chi connectivity index (χ2n) is 5.03. The molecule has 0 aliphatic rings. The second kappa shape index (κ2) is 7.85. The first-order valence-corrected chi connectivity index (χ1v) is 8.34. The van der Waals surface area contributed by atoms with Gasteiger partial charge in [0.2, 0.25) is 0 Å². The molecule has 0 amide bonds. The van der Waals surface area contributed by atoms with Gasteiger partial charge in [0.05, 0.1) is 17.6 Å². The van der Waals surface area contributed by atoms with Crippen LogP contribution in [-0.2, 0) is 6.54 Å². The third-order valence-electron chi connectivity index (χ3n) is 3.36. The SMILES string of the molecule is C=CCn1c(-c2ccc(OC(F)F)cc2)csc1=Nc1cccnc1. The van der Waals surface area contributed by atoms with E-state index in [1.54, 1.807) is 30.6 Å². The first-order valence-electron chi connectivity index (χ1n) is 7.46. The zero-order valence-electron chi connectivity index (χ0n) is 13.2. The first kappa shape index (κ1) is 17.0. The Morgan fingerprint density at radius 2 is 2.08 bits per heavy atom. The molecule has 128 valence electrons. The molecular weight excluding hydrogens is 344 g/mol. The zero-order chi connectivity index (χ0) is 17.6. The van der Waals surface area contributed by atoms with Crippen LogP contribution in [-0.4, -0.2) is 16.2 Å². The van der Waals surface area contributed by atoms with Crippen molar-refractivity contribution in [3.63, 3.8) is 0 Å². The molecule has 0 atom stereocenters. The van der Waals surface area contributed by atoms with E-state index in [-0.39, 0.29) is 5.75 Å². The van der Waals surface area contributed by atoms with E-state index in [9.17, 15) is 8.78 Å². The quantitative estimate of drug-likeness (QED) is 0.602. The topological polar surface area (TPSA) is 39.4 Å². The minimum absolute atomic E-state index is 0.129. The summed E-state index contributed by atoms with van der Waals surface area (Å²) >= 11 is 1.49. The highest BCUT2D eigenvalue weighted by Gasteiger charge is 2.09. The molecule has 0 bridgehead atoms. The maximum absolute atomic E-state index is 12.3. The van der Waals surface area contributed by atoms with Crippen LogP contribution in [0.2, 0.25) is 0 Å². The summed E-state index contributed by atoms with van der Waals surface area (Å²) in [5.41, 5.74) is 2.57. The molecule has 7 heteroatoms. The fourth-order valence-electron chi connectivity index (χ4n) is 2.29. The molecule has 0 unspecified atom stereocenters. The van der Waals surface area contributed by atoms with Crippen LogP contribution in [0.25, 0.3) is 11.3 Å². The van der Waals surface area contributed by atoms with Gasteiger partial charge >= 0.3 is 6.61 Å². The summed E-state index contributed by atoms with van der Waals surface area (Å²) in [6.45, 7) is 1.54. The van der Waals surface area contributed by atoms with E-state index in [4.69, 9.17) is 0 Å². The van der Waals surface area contributed by atoms with Crippen molar-refractivity contribution in [2.24, 2.45) is 4.99 Å². The number of pyridine rings is 1. The number of alkyl halides is 2. The number of allylic oxidation sites excluding steroid dienone is 1. The summed E-state index contributed by atoms with van der Waals surface area (Å²) in [7, 11) is 0. The number of benzene rings is 1. The molecule has 4 nitrogen and oxygen atoms in total. The van der Waals surface area contributed by atoms with Gasteiger partial charge in [-0.25, -0.2) is 4.99 Å². The molecule has 2 heterocycles. The molecule has 0 saturated carbocycles. The van der Waals surface area contributed by atoms with Gasteiger partial charge < -0.3 is 9.30 Å². The van der Waals surface area contributed by atoms with Gasteiger partial charge in [0, 0.05) is 18.1 Å². The number of nitrogens with zero attached hydrogens (tertiary/aromatic N) is 3. The van der Waals surface area contributed by atoms with Crippen molar-refractivity contribution in [2.75, 3.05) is 0 Å². The molecule has 1 aromatic carbocycles. The Hall–Kier alpha value is -2.80. The molecule has 0 saturated heterocycles. The molecule has 0 N–H and O–H groups in total. The van der Waals surface area contributed by atoms with Crippen LogP contribution in [0, 0.1) is 0 Å².